The number of fused-ring (bicyclic) bond motifs is 7. The van der Waals surface area contributed by atoms with Gasteiger partial charge < -0.3 is 114 Å². The molecule has 6 heterocycles. The van der Waals surface area contributed by atoms with Crippen LogP contribution in [0.3, 0.4) is 0 Å². The van der Waals surface area contributed by atoms with Crippen molar-refractivity contribution >= 4 is 0 Å². The van der Waals surface area contributed by atoms with Crippen LogP contribution in [0.25, 0.3) is 0 Å². The van der Waals surface area contributed by atoms with Crippen LogP contribution < -0.4 is 0 Å². The van der Waals surface area contributed by atoms with Crippen LogP contribution in [0.1, 0.15) is 79.1 Å². The molecular weight excluding hydrogens is 969 g/mol. The van der Waals surface area contributed by atoms with E-state index in [1.54, 1.807) is 0 Å². The molecule has 10 rings (SSSR count). The van der Waals surface area contributed by atoms with Crippen molar-refractivity contribution in [2.24, 2.45) is 46.3 Å². The van der Waals surface area contributed by atoms with Gasteiger partial charge >= 0.3 is 0 Å². The van der Waals surface area contributed by atoms with Gasteiger partial charge in [-0.2, -0.15) is 0 Å². The molecule has 4 aliphatic carbocycles. The van der Waals surface area contributed by atoms with Gasteiger partial charge in [0, 0.05) is 12.3 Å². The van der Waals surface area contributed by atoms with Crippen LogP contribution >= 0.6 is 0 Å². The van der Waals surface area contributed by atoms with E-state index < -0.39 is 161 Å². The van der Waals surface area contributed by atoms with Crippen molar-refractivity contribution in [2.45, 2.75) is 220 Å². The molecule has 3 saturated carbocycles. The highest BCUT2D eigenvalue weighted by Crippen LogP contribution is 2.71. The van der Waals surface area contributed by atoms with Crippen molar-refractivity contribution in [1.82, 2.24) is 0 Å². The molecule has 0 aromatic rings. The lowest BCUT2D eigenvalue weighted by molar-refractivity contribution is -0.404. The molecule has 73 heavy (non-hydrogen) atoms. The standard InChI is InChI=1S/C50H80O23/c1-19-7-10-50(65-17-19)20(2)32-28(73-50)12-24-22-6-5-21-11-27(25(54)13-49(21,4)23(22)8-9-48(24,32)3)66-45-40(63)37(60)41(31(16-53)69-45)70-47-43(72-46-39(62)36(59)34(57)29(14-51)67-46)42(35(58)30(15-52)68-47)71-44-38(61)33(56)26(55)18-64-44/h5,19-20,22-47,51-63H,6-18H2,1-4H3/t19-,20?,22+,23-,24-,25?,26+,27+,28-,29-,30-,31-,32-,33-,34+,35+,36-,37+,38?,39+,40?,41-,42-,43?,44-,45+,46-,47-,48-,49-,50+/m0/s1. The minimum Gasteiger partial charge on any atom is -0.394 e. The quantitative estimate of drug-likeness (QED) is 0.0898. The molecule has 6 saturated heterocycles. The van der Waals surface area contributed by atoms with E-state index in [9.17, 15) is 66.4 Å². The average molecular weight is 1050 g/mol. The van der Waals surface area contributed by atoms with Gasteiger partial charge in [0.25, 0.3) is 0 Å². The number of allylic oxidation sites excluding steroid dienone is 1. The molecule has 23 nitrogen and oxygen atoms in total. The number of rotatable bonds is 11. The Bertz CT molecular complexity index is 1920. The van der Waals surface area contributed by atoms with Gasteiger partial charge in [-0.3, -0.25) is 0 Å². The number of aliphatic hydroxyl groups excluding tert-OH is 13. The van der Waals surface area contributed by atoms with E-state index in [-0.39, 0.29) is 16.9 Å². The van der Waals surface area contributed by atoms with Crippen LogP contribution in [-0.2, 0) is 47.4 Å². The number of aliphatic hydroxyl groups is 13. The lowest BCUT2D eigenvalue weighted by Crippen LogP contribution is -2.68. The highest BCUT2D eigenvalue weighted by molar-refractivity contribution is 5.27. The summed E-state index contributed by atoms with van der Waals surface area (Å²) in [5.74, 6) is 1.91. The normalized spacial score (nSPS) is 57.1. The fourth-order valence-corrected chi connectivity index (χ4v) is 15.3. The van der Waals surface area contributed by atoms with Gasteiger partial charge in [-0.15, -0.1) is 0 Å². The van der Waals surface area contributed by atoms with Gasteiger partial charge in [-0.05, 0) is 85.4 Å². The highest BCUT2D eigenvalue weighted by Gasteiger charge is 2.69. The Balaban J connectivity index is 0.837. The zero-order valence-electron chi connectivity index (χ0n) is 41.8. The van der Waals surface area contributed by atoms with Gasteiger partial charge in [0.2, 0.25) is 0 Å². The van der Waals surface area contributed by atoms with E-state index in [1.165, 1.54) is 0 Å². The van der Waals surface area contributed by atoms with Gasteiger partial charge in [-0.1, -0.05) is 39.3 Å². The maximum Gasteiger partial charge on any atom is 0.187 e. The van der Waals surface area contributed by atoms with Gasteiger partial charge in [0.05, 0.1) is 51.3 Å². The van der Waals surface area contributed by atoms with Crippen LogP contribution in [0.15, 0.2) is 11.6 Å². The monoisotopic (exact) mass is 1050 g/mol. The van der Waals surface area contributed by atoms with E-state index >= 15 is 0 Å². The zero-order chi connectivity index (χ0) is 52.2. The SMILES string of the molecule is CC1[C@H]2[C@H](C[C@H]3[C@@H]4CC=C5C[C@@H](O[C@@H]6O[C@@H](CO)[C@H](O[C@@H]7O[C@@H](CO)[C@@H](O)[C@H](O[C@@H]8OC[C@@H](O)[C@H](O)C8O)C7O[C@@H]7O[C@@H](CO)[C@@H](O)[C@H](O)[C@H]7O)[C@H](O)C6O)C(O)C[C@]5(C)[C@H]4CC[C@@]32C)O[C@]12CC[C@H](C)CO2. The van der Waals surface area contributed by atoms with Crippen LogP contribution in [0.2, 0.25) is 0 Å². The topological polar surface area (TPSA) is 355 Å². The lowest BCUT2D eigenvalue weighted by Gasteiger charge is -2.59. The summed E-state index contributed by atoms with van der Waals surface area (Å²) in [6.07, 6.45) is -26.6. The van der Waals surface area contributed by atoms with Gasteiger partial charge in [0.15, 0.2) is 30.9 Å². The van der Waals surface area contributed by atoms with E-state index in [0.29, 0.717) is 48.3 Å². The maximum atomic E-state index is 11.9. The molecule has 13 N–H and O–H groups in total. The van der Waals surface area contributed by atoms with E-state index in [0.717, 1.165) is 50.7 Å². The fourth-order valence-electron chi connectivity index (χ4n) is 15.3. The third-order valence-corrected chi connectivity index (χ3v) is 19.5. The van der Waals surface area contributed by atoms with Crippen molar-refractivity contribution in [1.29, 1.82) is 0 Å². The molecule has 418 valence electrons. The molecule has 0 bridgehead atoms. The molecule has 0 aromatic heterocycles. The second-order valence-corrected chi connectivity index (χ2v) is 23.6. The molecule has 1 spiro atoms. The molecule has 23 heteroatoms. The van der Waals surface area contributed by atoms with Crippen LogP contribution in [0.4, 0.5) is 0 Å². The second-order valence-electron chi connectivity index (χ2n) is 23.6. The second kappa shape index (κ2) is 21.1. The predicted molar refractivity (Wildman–Crippen MR) is 244 cm³/mol. The van der Waals surface area contributed by atoms with E-state index in [1.807, 2.05) is 0 Å². The zero-order valence-corrected chi connectivity index (χ0v) is 41.8. The Morgan fingerprint density at radius 2 is 1.23 bits per heavy atom. The summed E-state index contributed by atoms with van der Waals surface area (Å²) in [5.41, 5.74) is 0.927. The van der Waals surface area contributed by atoms with Gasteiger partial charge in [-0.25, -0.2) is 0 Å². The molecule has 0 aromatic carbocycles. The highest BCUT2D eigenvalue weighted by atomic mass is 16.8. The predicted octanol–water partition coefficient (Wildman–Crippen LogP) is -3.38. The Morgan fingerprint density at radius 3 is 1.93 bits per heavy atom. The van der Waals surface area contributed by atoms with Crippen LogP contribution in [-0.4, -0.2) is 240 Å². The Labute approximate surface area is 423 Å². The van der Waals surface area contributed by atoms with Crippen LogP contribution in [0, 0.1) is 46.3 Å². The summed E-state index contributed by atoms with van der Waals surface area (Å²) in [4.78, 5) is 0. The third kappa shape index (κ3) is 9.41. The molecule has 5 unspecified atom stereocenters. The van der Waals surface area contributed by atoms with Crippen LogP contribution in [0.5, 0.6) is 0 Å². The number of ether oxygens (including phenoxy) is 10. The Morgan fingerprint density at radius 1 is 0.603 bits per heavy atom. The number of hydrogen-bond acceptors (Lipinski definition) is 23. The van der Waals surface area contributed by atoms with Crippen molar-refractivity contribution in [3.05, 3.63) is 11.6 Å². The average Bonchev–Trinajstić information content (AvgIpc) is 3.82. The first-order chi connectivity index (χ1) is 34.7. The number of hydrogen-bond donors (Lipinski definition) is 13. The molecule has 10 aliphatic rings. The molecular formula is C50H80O23. The Hall–Kier alpha value is -1.18. The minimum atomic E-state index is -2.02. The molecule has 31 atom stereocenters. The molecule has 0 radical (unpaired) electrons. The summed E-state index contributed by atoms with van der Waals surface area (Å²) in [6, 6.07) is 0. The largest absolute Gasteiger partial charge is 0.394 e. The molecule has 9 fully saturated rings. The van der Waals surface area contributed by atoms with Crippen molar-refractivity contribution < 1.29 is 114 Å². The summed E-state index contributed by atoms with van der Waals surface area (Å²) in [5, 5.41) is 141. The first kappa shape index (κ1) is 55.1. The minimum absolute atomic E-state index is 0.101. The summed E-state index contributed by atoms with van der Waals surface area (Å²) in [7, 11) is 0. The Kier molecular flexibility index (Phi) is 16.0. The summed E-state index contributed by atoms with van der Waals surface area (Å²) < 4.78 is 61.0. The summed E-state index contributed by atoms with van der Waals surface area (Å²) in [6.45, 7) is 6.89. The maximum absolute atomic E-state index is 11.9. The molecule has 0 amide bonds. The smallest absolute Gasteiger partial charge is 0.187 e. The molecule has 6 aliphatic heterocycles. The van der Waals surface area contributed by atoms with E-state index in [4.69, 9.17) is 47.4 Å². The van der Waals surface area contributed by atoms with E-state index in [2.05, 4.69) is 33.8 Å². The van der Waals surface area contributed by atoms with Crippen molar-refractivity contribution in [2.75, 3.05) is 33.0 Å². The van der Waals surface area contributed by atoms with Crippen molar-refractivity contribution in [3.63, 3.8) is 0 Å². The lowest BCUT2D eigenvalue weighted by atomic mass is 9.46. The first-order valence-electron chi connectivity index (χ1n) is 26.5. The third-order valence-electron chi connectivity index (χ3n) is 19.5. The van der Waals surface area contributed by atoms with Crippen molar-refractivity contribution in [3.8, 4) is 0 Å². The first-order valence-corrected chi connectivity index (χ1v) is 26.5. The fraction of sp³-hybridized carbons (Fsp3) is 0.960. The summed E-state index contributed by atoms with van der Waals surface area (Å²) >= 11 is 0. The van der Waals surface area contributed by atoms with Gasteiger partial charge in [0.1, 0.15) is 91.6 Å².